The molecule has 1 aromatic rings. The Balaban J connectivity index is 2.46. The number of carbonyl (C=O) groups is 3. The fourth-order valence-corrected chi connectivity index (χ4v) is 1.55. The monoisotopic (exact) mass is 278 g/mol. The molecule has 3 N–H and O–H groups in total. The van der Waals surface area contributed by atoms with Gasteiger partial charge in [0.1, 0.15) is 6.04 Å². The molecule has 6 heteroatoms. The van der Waals surface area contributed by atoms with E-state index in [1.807, 2.05) is 6.92 Å². The lowest BCUT2D eigenvalue weighted by atomic mass is 10.1. The zero-order valence-corrected chi connectivity index (χ0v) is 11.5. The molecule has 0 aromatic heterocycles. The summed E-state index contributed by atoms with van der Waals surface area (Å²) < 4.78 is 0. The number of amides is 2. The number of carboxylic acids is 1. The highest BCUT2D eigenvalue weighted by Crippen LogP contribution is 2.02. The first-order chi connectivity index (χ1) is 9.43. The molecule has 1 atom stereocenters. The van der Waals surface area contributed by atoms with E-state index in [1.54, 1.807) is 31.2 Å². The molecule has 1 aromatic carbocycles. The van der Waals surface area contributed by atoms with E-state index in [-0.39, 0.29) is 18.9 Å². The van der Waals surface area contributed by atoms with Gasteiger partial charge in [0, 0.05) is 5.56 Å². The van der Waals surface area contributed by atoms with E-state index in [0.29, 0.717) is 5.56 Å². The summed E-state index contributed by atoms with van der Waals surface area (Å²) in [6.45, 7) is 3.31. The smallest absolute Gasteiger partial charge is 0.326 e. The van der Waals surface area contributed by atoms with E-state index < -0.39 is 17.9 Å². The lowest BCUT2D eigenvalue weighted by Crippen LogP contribution is -2.45. The van der Waals surface area contributed by atoms with Gasteiger partial charge >= 0.3 is 5.97 Å². The van der Waals surface area contributed by atoms with Gasteiger partial charge in [-0.05, 0) is 25.5 Å². The third kappa shape index (κ3) is 4.72. The van der Waals surface area contributed by atoms with Crippen molar-refractivity contribution >= 4 is 17.8 Å². The van der Waals surface area contributed by atoms with Gasteiger partial charge in [0.15, 0.2) is 0 Å². The van der Waals surface area contributed by atoms with E-state index in [9.17, 15) is 14.4 Å². The largest absolute Gasteiger partial charge is 0.480 e. The van der Waals surface area contributed by atoms with Crippen LogP contribution in [0.5, 0.6) is 0 Å². The van der Waals surface area contributed by atoms with Gasteiger partial charge in [-0.15, -0.1) is 0 Å². The van der Waals surface area contributed by atoms with E-state index in [2.05, 4.69) is 10.6 Å². The third-order valence-electron chi connectivity index (χ3n) is 2.76. The maximum atomic E-state index is 11.7. The van der Waals surface area contributed by atoms with Gasteiger partial charge in [0.25, 0.3) is 5.91 Å². The summed E-state index contributed by atoms with van der Waals surface area (Å²) in [5.41, 5.74) is 1.49. The number of nitrogens with one attached hydrogen (secondary N) is 2. The van der Waals surface area contributed by atoms with Crippen molar-refractivity contribution < 1.29 is 19.5 Å². The van der Waals surface area contributed by atoms with Gasteiger partial charge < -0.3 is 15.7 Å². The molecular weight excluding hydrogens is 260 g/mol. The van der Waals surface area contributed by atoms with Crippen LogP contribution in [0, 0.1) is 6.92 Å². The summed E-state index contributed by atoms with van der Waals surface area (Å²) in [5.74, 6) is -1.99. The number of benzene rings is 1. The number of carboxylic acid groups (broad SMARTS) is 1. The number of hydrogen-bond acceptors (Lipinski definition) is 3. The molecule has 0 aliphatic carbocycles. The second-order valence-corrected chi connectivity index (χ2v) is 4.42. The molecule has 0 unspecified atom stereocenters. The third-order valence-corrected chi connectivity index (χ3v) is 2.76. The number of rotatable bonds is 6. The van der Waals surface area contributed by atoms with Crippen molar-refractivity contribution in [3.05, 3.63) is 35.4 Å². The van der Waals surface area contributed by atoms with Gasteiger partial charge in [0.05, 0.1) is 6.54 Å². The Morgan fingerprint density at radius 2 is 1.80 bits per heavy atom. The fraction of sp³-hybridized carbons (Fsp3) is 0.357. The van der Waals surface area contributed by atoms with Crippen molar-refractivity contribution in [3.63, 3.8) is 0 Å². The topological polar surface area (TPSA) is 95.5 Å². The van der Waals surface area contributed by atoms with Gasteiger partial charge in [0.2, 0.25) is 5.91 Å². The molecular formula is C14H18N2O4. The van der Waals surface area contributed by atoms with E-state index in [1.165, 1.54) is 0 Å². The van der Waals surface area contributed by atoms with Gasteiger partial charge in [-0.25, -0.2) is 4.79 Å². The molecule has 6 nitrogen and oxygen atoms in total. The molecule has 0 saturated heterocycles. The first-order valence-electron chi connectivity index (χ1n) is 6.31. The molecule has 108 valence electrons. The highest BCUT2D eigenvalue weighted by atomic mass is 16.4. The molecule has 0 spiro atoms. The van der Waals surface area contributed by atoms with Crippen molar-refractivity contribution in [3.8, 4) is 0 Å². The van der Waals surface area contributed by atoms with Crippen LogP contribution in [0.2, 0.25) is 0 Å². The molecule has 2 amide bonds. The molecule has 0 bridgehead atoms. The van der Waals surface area contributed by atoms with Gasteiger partial charge in [-0.1, -0.05) is 24.6 Å². The molecule has 0 saturated carbocycles. The van der Waals surface area contributed by atoms with E-state index >= 15 is 0 Å². The van der Waals surface area contributed by atoms with Crippen molar-refractivity contribution in [2.75, 3.05) is 6.54 Å². The summed E-state index contributed by atoms with van der Waals surface area (Å²) in [5, 5.41) is 13.6. The second-order valence-electron chi connectivity index (χ2n) is 4.42. The fourth-order valence-electron chi connectivity index (χ4n) is 1.55. The van der Waals surface area contributed by atoms with Crippen LogP contribution in [0.25, 0.3) is 0 Å². The van der Waals surface area contributed by atoms with Crippen LogP contribution in [-0.4, -0.2) is 35.5 Å². The Hall–Kier alpha value is -2.37. The van der Waals surface area contributed by atoms with Crippen LogP contribution < -0.4 is 10.6 Å². The molecule has 0 heterocycles. The molecule has 0 aliphatic rings. The Bertz CT molecular complexity index is 496. The second kappa shape index (κ2) is 7.28. The summed E-state index contributed by atoms with van der Waals surface area (Å²) in [6.07, 6.45) is 0.285. The number of aliphatic carboxylic acids is 1. The Labute approximate surface area is 117 Å². The lowest BCUT2D eigenvalue weighted by Gasteiger charge is -2.12. The molecule has 0 fully saturated rings. The minimum absolute atomic E-state index is 0.253. The molecule has 20 heavy (non-hydrogen) atoms. The maximum Gasteiger partial charge on any atom is 0.326 e. The summed E-state index contributed by atoms with van der Waals surface area (Å²) in [7, 11) is 0. The molecule has 0 aliphatic heterocycles. The maximum absolute atomic E-state index is 11.7. The Morgan fingerprint density at radius 3 is 2.30 bits per heavy atom. The highest BCUT2D eigenvalue weighted by molar-refractivity contribution is 5.96. The van der Waals surface area contributed by atoms with Crippen LogP contribution in [0.3, 0.4) is 0 Å². The summed E-state index contributed by atoms with van der Waals surface area (Å²) >= 11 is 0. The van der Waals surface area contributed by atoms with Crippen molar-refractivity contribution in [1.29, 1.82) is 0 Å². The summed E-state index contributed by atoms with van der Waals surface area (Å²) in [4.78, 5) is 34.0. The standard InChI is InChI=1S/C14H18N2O4/c1-3-11(14(19)20)16-12(17)8-15-13(18)10-6-4-9(2)5-7-10/h4-7,11H,3,8H2,1-2H3,(H,15,18)(H,16,17)(H,19,20)/t11-/m1/s1. The first-order valence-corrected chi connectivity index (χ1v) is 6.31. The normalized spacial score (nSPS) is 11.5. The number of hydrogen-bond donors (Lipinski definition) is 3. The lowest BCUT2D eigenvalue weighted by molar-refractivity contribution is -0.141. The van der Waals surface area contributed by atoms with Crippen LogP contribution >= 0.6 is 0 Å². The Morgan fingerprint density at radius 1 is 1.20 bits per heavy atom. The number of aryl methyl sites for hydroxylation is 1. The van der Waals surface area contributed by atoms with Gasteiger partial charge in [-0.2, -0.15) is 0 Å². The minimum atomic E-state index is -1.09. The predicted octanol–water partition coefficient (Wildman–Crippen LogP) is 0.704. The highest BCUT2D eigenvalue weighted by Gasteiger charge is 2.17. The Kier molecular flexibility index (Phi) is 5.71. The SMILES string of the molecule is CC[C@@H](NC(=O)CNC(=O)c1ccc(C)cc1)C(=O)O. The van der Waals surface area contributed by atoms with Crippen LogP contribution in [0.4, 0.5) is 0 Å². The molecule has 1 rings (SSSR count). The summed E-state index contributed by atoms with van der Waals surface area (Å²) in [6, 6.07) is 5.99. The van der Waals surface area contributed by atoms with Crippen molar-refractivity contribution in [2.45, 2.75) is 26.3 Å². The van der Waals surface area contributed by atoms with E-state index in [0.717, 1.165) is 5.56 Å². The zero-order chi connectivity index (χ0) is 15.1. The van der Waals surface area contributed by atoms with Crippen LogP contribution in [-0.2, 0) is 9.59 Å². The quantitative estimate of drug-likeness (QED) is 0.714. The zero-order valence-electron chi connectivity index (χ0n) is 11.5. The predicted molar refractivity (Wildman–Crippen MR) is 73.4 cm³/mol. The molecule has 0 radical (unpaired) electrons. The minimum Gasteiger partial charge on any atom is -0.480 e. The van der Waals surface area contributed by atoms with Crippen molar-refractivity contribution in [2.24, 2.45) is 0 Å². The number of carbonyl (C=O) groups excluding carboxylic acids is 2. The average molecular weight is 278 g/mol. The van der Waals surface area contributed by atoms with Crippen LogP contribution in [0.1, 0.15) is 29.3 Å². The van der Waals surface area contributed by atoms with Crippen LogP contribution in [0.15, 0.2) is 24.3 Å². The average Bonchev–Trinajstić information content (AvgIpc) is 2.42. The van der Waals surface area contributed by atoms with Crippen molar-refractivity contribution in [1.82, 2.24) is 10.6 Å². The van der Waals surface area contributed by atoms with E-state index in [4.69, 9.17) is 5.11 Å². The van der Waals surface area contributed by atoms with Gasteiger partial charge in [-0.3, -0.25) is 9.59 Å². The first kappa shape index (κ1) is 15.7.